The van der Waals surface area contributed by atoms with E-state index in [0.29, 0.717) is 26.2 Å². The summed E-state index contributed by atoms with van der Waals surface area (Å²) in [4.78, 5) is 27.2. The van der Waals surface area contributed by atoms with Gasteiger partial charge < -0.3 is 19.9 Å². The Morgan fingerprint density at radius 1 is 1.32 bits per heavy atom. The van der Waals surface area contributed by atoms with E-state index in [0.717, 1.165) is 0 Å². The zero-order valence-corrected chi connectivity index (χ0v) is 12.5. The van der Waals surface area contributed by atoms with Gasteiger partial charge in [-0.1, -0.05) is 0 Å². The maximum Gasteiger partial charge on any atom is 0.410 e. The normalized spacial score (nSPS) is 20.2. The van der Waals surface area contributed by atoms with Crippen molar-refractivity contribution in [3.63, 3.8) is 0 Å². The molecule has 0 spiro atoms. The summed E-state index contributed by atoms with van der Waals surface area (Å²) in [7, 11) is 0. The molecule has 19 heavy (non-hydrogen) atoms. The van der Waals surface area contributed by atoms with Crippen molar-refractivity contribution < 1.29 is 14.3 Å². The van der Waals surface area contributed by atoms with E-state index in [-0.39, 0.29) is 18.2 Å². The average molecular weight is 271 g/mol. The van der Waals surface area contributed by atoms with Crippen LogP contribution in [0.3, 0.4) is 0 Å². The maximum atomic E-state index is 11.9. The first-order valence-corrected chi connectivity index (χ1v) is 6.77. The minimum absolute atomic E-state index is 0.00665. The van der Waals surface area contributed by atoms with Crippen molar-refractivity contribution in [1.29, 1.82) is 0 Å². The lowest BCUT2D eigenvalue weighted by Crippen LogP contribution is -2.58. The number of piperazine rings is 1. The van der Waals surface area contributed by atoms with Crippen molar-refractivity contribution in [2.75, 3.05) is 26.2 Å². The summed E-state index contributed by atoms with van der Waals surface area (Å²) in [6.07, 6.45) is -0.310. The lowest BCUT2D eigenvalue weighted by molar-refractivity contribution is 0.0105. The molecule has 0 radical (unpaired) electrons. The highest BCUT2D eigenvalue weighted by Crippen LogP contribution is 2.14. The van der Waals surface area contributed by atoms with Gasteiger partial charge in [-0.3, -0.25) is 0 Å². The Labute approximate surface area is 115 Å². The number of nitrogens with one attached hydrogen (secondary N) is 1. The van der Waals surface area contributed by atoms with Crippen LogP contribution in [0.5, 0.6) is 0 Å². The second-order valence-electron chi connectivity index (χ2n) is 5.80. The first kappa shape index (κ1) is 15.6. The van der Waals surface area contributed by atoms with E-state index in [1.807, 2.05) is 34.6 Å². The van der Waals surface area contributed by atoms with Crippen LogP contribution in [-0.4, -0.2) is 59.7 Å². The van der Waals surface area contributed by atoms with Crippen molar-refractivity contribution in [2.45, 2.75) is 46.3 Å². The van der Waals surface area contributed by atoms with Crippen molar-refractivity contribution in [3.05, 3.63) is 0 Å². The molecule has 1 aliphatic heterocycles. The predicted molar refractivity (Wildman–Crippen MR) is 73.0 cm³/mol. The number of carbonyl (C=O) groups is 2. The van der Waals surface area contributed by atoms with E-state index in [1.165, 1.54) is 0 Å². The fourth-order valence-electron chi connectivity index (χ4n) is 2.00. The van der Waals surface area contributed by atoms with Crippen LogP contribution in [-0.2, 0) is 4.74 Å². The van der Waals surface area contributed by atoms with E-state index < -0.39 is 5.60 Å². The molecule has 0 aromatic heterocycles. The molecule has 1 N–H and O–H groups in total. The zero-order valence-electron chi connectivity index (χ0n) is 12.5. The molecule has 1 saturated heterocycles. The predicted octanol–water partition coefficient (Wildman–Crippen LogP) is 1.66. The van der Waals surface area contributed by atoms with Gasteiger partial charge in [-0.25, -0.2) is 9.59 Å². The third kappa shape index (κ3) is 4.61. The smallest absolute Gasteiger partial charge is 0.410 e. The molecule has 1 unspecified atom stereocenters. The van der Waals surface area contributed by atoms with Crippen LogP contribution in [0, 0.1) is 0 Å². The van der Waals surface area contributed by atoms with Crippen molar-refractivity contribution in [3.8, 4) is 0 Å². The molecule has 6 heteroatoms. The van der Waals surface area contributed by atoms with E-state index in [4.69, 9.17) is 4.74 Å². The zero-order chi connectivity index (χ0) is 14.6. The Morgan fingerprint density at radius 2 is 1.95 bits per heavy atom. The fourth-order valence-corrected chi connectivity index (χ4v) is 2.00. The van der Waals surface area contributed by atoms with Gasteiger partial charge in [0.2, 0.25) is 0 Å². The van der Waals surface area contributed by atoms with E-state index in [2.05, 4.69) is 5.32 Å². The standard InChI is InChI=1S/C13H25N3O3/c1-6-14-11(17)16-8-7-15(9-10(16)2)12(18)19-13(3,4)5/h10H,6-9H2,1-5H3,(H,14,17). The third-order valence-corrected chi connectivity index (χ3v) is 2.87. The Bertz CT molecular complexity index is 339. The number of urea groups is 1. The fraction of sp³-hybridized carbons (Fsp3) is 0.846. The van der Waals surface area contributed by atoms with Crippen LogP contribution >= 0.6 is 0 Å². The molecule has 1 rings (SSSR count). The van der Waals surface area contributed by atoms with E-state index in [9.17, 15) is 9.59 Å². The molecule has 0 bridgehead atoms. The summed E-state index contributed by atoms with van der Waals surface area (Å²) in [5, 5.41) is 2.78. The quantitative estimate of drug-likeness (QED) is 0.789. The third-order valence-electron chi connectivity index (χ3n) is 2.87. The highest BCUT2D eigenvalue weighted by Gasteiger charge is 2.31. The van der Waals surface area contributed by atoms with Gasteiger partial charge in [0.25, 0.3) is 0 Å². The van der Waals surface area contributed by atoms with Crippen LogP contribution < -0.4 is 5.32 Å². The average Bonchev–Trinajstić information content (AvgIpc) is 2.26. The number of hydrogen-bond donors (Lipinski definition) is 1. The molecule has 3 amide bonds. The number of nitrogens with zero attached hydrogens (tertiary/aromatic N) is 2. The Hall–Kier alpha value is -1.46. The molecule has 1 atom stereocenters. The lowest BCUT2D eigenvalue weighted by Gasteiger charge is -2.40. The van der Waals surface area contributed by atoms with E-state index in [1.54, 1.807) is 9.80 Å². The molecule has 0 saturated carbocycles. The van der Waals surface area contributed by atoms with Gasteiger partial charge in [-0.15, -0.1) is 0 Å². The highest BCUT2D eigenvalue weighted by molar-refractivity contribution is 5.75. The number of ether oxygens (including phenoxy) is 1. The molecule has 0 aromatic carbocycles. The maximum absolute atomic E-state index is 11.9. The first-order valence-electron chi connectivity index (χ1n) is 6.77. The monoisotopic (exact) mass is 271 g/mol. The number of amides is 3. The molecule has 0 aliphatic carbocycles. The minimum atomic E-state index is -0.489. The van der Waals surface area contributed by atoms with Crippen molar-refractivity contribution in [1.82, 2.24) is 15.1 Å². The molecule has 1 fully saturated rings. The summed E-state index contributed by atoms with van der Waals surface area (Å²) >= 11 is 0. The summed E-state index contributed by atoms with van der Waals surface area (Å²) in [5.41, 5.74) is -0.489. The Kier molecular flexibility index (Phi) is 5.03. The van der Waals surface area contributed by atoms with Gasteiger partial charge in [0.15, 0.2) is 0 Å². The van der Waals surface area contributed by atoms with Crippen LogP contribution in [0.1, 0.15) is 34.6 Å². The number of carbonyl (C=O) groups excluding carboxylic acids is 2. The molecular formula is C13H25N3O3. The van der Waals surface area contributed by atoms with Gasteiger partial charge in [-0.05, 0) is 34.6 Å². The summed E-state index contributed by atoms with van der Waals surface area (Å²) in [6, 6.07) is -0.0772. The summed E-state index contributed by atoms with van der Waals surface area (Å²) in [5.74, 6) is 0. The topological polar surface area (TPSA) is 61.9 Å². The van der Waals surface area contributed by atoms with Crippen molar-refractivity contribution in [2.24, 2.45) is 0 Å². The molecule has 6 nitrogen and oxygen atoms in total. The van der Waals surface area contributed by atoms with Crippen molar-refractivity contribution >= 4 is 12.1 Å². The Balaban J connectivity index is 2.54. The molecule has 1 heterocycles. The van der Waals surface area contributed by atoms with Crippen LogP contribution in [0.15, 0.2) is 0 Å². The largest absolute Gasteiger partial charge is 0.444 e. The first-order chi connectivity index (χ1) is 8.74. The Morgan fingerprint density at radius 3 is 2.42 bits per heavy atom. The lowest BCUT2D eigenvalue weighted by atomic mass is 10.2. The van der Waals surface area contributed by atoms with Crippen LogP contribution in [0.4, 0.5) is 9.59 Å². The van der Waals surface area contributed by atoms with Gasteiger partial charge in [-0.2, -0.15) is 0 Å². The summed E-state index contributed by atoms with van der Waals surface area (Å²) in [6.45, 7) is 11.5. The number of hydrogen-bond acceptors (Lipinski definition) is 3. The minimum Gasteiger partial charge on any atom is -0.444 e. The highest BCUT2D eigenvalue weighted by atomic mass is 16.6. The van der Waals surface area contributed by atoms with Crippen LogP contribution in [0.2, 0.25) is 0 Å². The van der Waals surface area contributed by atoms with Gasteiger partial charge in [0.05, 0.1) is 0 Å². The van der Waals surface area contributed by atoms with E-state index >= 15 is 0 Å². The second-order valence-corrected chi connectivity index (χ2v) is 5.80. The van der Waals surface area contributed by atoms with Gasteiger partial charge >= 0.3 is 12.1 Å². The molecular weight excluding hydrogens is 246 g/mol. The number of rotatable bonds is 1. The second kappa shape index (κ2) is 6.12. The molecule has 0 aromatic rings. The van der Waals surface area contributed by atoms with Gasteiger partial charge in [0, 0.05) is 32.2 Å². The van der Waals surface area contributed by atoms with Gasteiger partial charge in [0.1, 0.15) is 5.60 Å². The molecule has 1 aliphatic rings. The SMILES string of the molecule is CCNC(=O)N1CCN(C(=O)OC(C)(C)C)CC1C. The van der Waals surface area contributed by atoms with Crippen LogP contribution in [0.25, 0.3) is 0 Å². The molecule has 110 valence electrons. The summed E-state index contributed by atoms with van der Waals surface area (Å²) < 4.78 is 5.34.